The SMILES string of the molecule is S=C=N[Si](c1ccccc1)(c1ccccc1)c1ccccc1. The summed E-state index contributed by atoms with van der Waals surface area (Å²) >= 11 is 5.02. The summed E-state index contributed by atoms with van der Waals surface area (Å²) in [4.78, 5) is 0. The van der Waals surface area contributed by atoms with Crippen LogP contribution < -0.4 is 15.6 Å². The minimum atomic E-state index is -2.51. The molecule has 0 saturated carbocycles. The molecular weight excluding hydrogens is 302 g/mol. The molecule has 0 heterocycles. The van der Waals surface area contributed by atoms with Gasteiger partial charge in [0.25, 0.3) is 8.24 Å². The van der Waals surface area contributed by atoms with E-state index in [9.17, 15) is 0 Å². The Bertz CT molecular complexity index is 685. The van der Waals surface area contributed by atoms with Crippen LogP contribution in [-0.2, 0) is 0 Å². The van der Waals surface area contributed by atoms with Crippen molar-refractivity contribution in [3.8, 4) is 0 Å². The molecule has 0 atom stereocenters. The molecule has 0 unspecified atom stereocenters. The molecule has 0 bridgehead atoms. The highest BCUT2D eigenvalue weighted by atomic mass is 32.1. The Kier molecular flexibility index (Phi) is 4.40. The van der Waals surface area contributed by atoms with Gasteiger partial charge < -0.3 is 0 Å². The number of isothiocyanates is 1. The van der Waals surface area contributed by atoms with Gasteiger partial charge in [-0.05, 0) is 27.8 Å². The van der Waals surface area contributed by atoms with Crippen LogP contribution in [-0.4, -0.2) is 13.4 Å². The van der Waals surface area contributed by atoms with Crippen LogP contribution in [0.4, 0.5) is 0 Å². The van der Waals surface area contributed by atoms with Gasteiger partial charge in [0, 0.05) is 5.16 Å². The molecule has 0 amide bonds. The van der Waals surface area contributed by atoms with Gasteiger partial charge in [0.2, 0.25) is 0 Å². The molecule has 3 aromatic carbocycles. The summed E-state index contributed by atoms with van der Waals surface area (Å²) in [5, 5.41) is 6.31. The highest BCUT2D eigenvalue weighted by molar-refractivity contribution is 7.78. The molecule has 0 aliphatic rings. The number of nitrogens with zero attached hydrogens (tertiary/aromatic N) is 1. The van der Waals surface area contributed by atoms with E-state index >= 15 is 0 Å². The molecule has 3 aromatic rings. The van der Waals surface area contributed by atoms with E-state index in [0.29, 0.717) is 0 Å². The van der Waals surface area contributed by atoms with Crippen molar-refractivity contribution in [1.82, 2.24) is 0 Å². The van der Waals surface area contributed by atoms with Crippen LogP contribution in [0.15, 0.2) is 95.7 Å². The van der Waals surface area contributed by atoms with E-state index in [1.165, 1.54) is 15.6 Å². The second-order valence-corrected chi connectivity index (χ2v) is 8.57. The second kappa shape index (κ2) is 6.63. The topological polar surface area (TPSA) is 12.4 Å². The van der Waals surface area contributed by atoms with E-state index in [2.05, 4.69) is 78.0 Å². The molecule has 106 valence electrons. The highest BCUT2D eigenvalue weighted by Crippen LogP contribution is 2.08. The van der Waals surface area contributed by atoms with Gasteiger partial charge in [-0.3, -0.25) is 4.66 Å². The summed E-state index contributed by atoms with van der Waals surface area (Å²) in [7, 11) is -2.51. The lowest BCUT2D eigenvalue weighted by Crippen LogP contribution is -2.65. The Balaban J connectivity index is 2.37. The molecule has 22 heavy (non-hydrogen) atoms. The Hall–Kier alpha value is -2.32. The molecule has 0 N–H and O–H groups in total. The van der Waals surface area contributed by atoms with Gasteiger partial charge in [-0.15, -0.1) is 0 Å². The average Bonchev–Trinajstić information content (AvgIpc) is 2.62. The van der Waals surface area contributed by atoms with Crippen LogP contribution in [0, 0.1) is 0 Å². The van der Waals surface area contributed by atoms with Crippen molar-refractivity contribution >= 4 is 41.2 Å². The first-order chi connectivity index (χ1) is 10.9. The molecule has 0 spiro atoms. The fraction of sp³-hybridized carbons (Fsp3) is 0. The quantitative estimate of drug-likeness (QED) is 0.312. The zero-order valence-electron chi connectivity index (χ0n) is 12.0. The molecular formula is C19H15NSSi. The van der Waals surface area contributed by atoms with E-state index in [-0.39, 0.29) is 0 Å². The minimum Gasteiger partial charge on any atom is -0.256 e. The molecule has 0 aliphatic heterocycles. The standard InChI is InChI=1S/C19H15NSSi/c21-16-20-22(17-10-4-1-5-11-17,18-12-6-2-7-13-18)19-14-8-3-9-15-19/h1-15H. The largest absolute Gasteiger partial charge is 0.286 e. The predicted octanol–water partition coefficient (Wildman–Crippen LogP) is 2.76. The van der Waals surface area contributed by atoms with Crippen LogP contribution in [0.2, 0.25) is 0 Å². The lowest BCUT2D eigenvalue weighted by atomic mass is 10.3. The highest BCUT2D eigenvalue weighted by Gasteiger charge is 2.40. The van der Waals surface area contributed by atoms with Crippen molar-refractivity contribution < 1.29 is 0 Å². The Morgan fingerprint density at radius 3 is 1.18 bits per heavy atom. The van der Waals surface area contributed by atoms with Crippen molar-refractivity contribution in [1.29, 1.82) is 0 Å². The summed E-state index contributed by atoms with van der Waals surface area (Å²) in [5.74, 6) is 0. The van der Waals surface area contributed by atoms with Crippen LogP contribution >= 0.6 is 12.2 Å². The Morgan fingerprint density at radius 2 is 0.909 bits per heavy atom. The molecule has 0 aromatic heterocycles. The third-order valence-electron chi connectivity index (χ3n) is 3.79. The van der Waals surface area contributed by atoms with Crippen molar-refractivity contribution in [2.24, 2.45) is 4.66 Å². The third kappa shape index (κ3) is 2.58. The zero-order chi connectivity index (χ0) is 15.3. The van der Waals surface area contributed by atoms with E-state index < -0.39 is 8.24 Å². The first-order valence-corrected chi connectivity index (χ1v) is 9.49. The summed E-state index contributed by atoms with van der Waals surface area (Å²) in [6.45, 7) is 0. The molecule has 3 heteroatoms. The van der Waals surface area contributed by atoms with Crippen LogP contribution in [0.3, 0.4) is 0 Å². The van der Waals surface area contributed by atoms with Crippen LogP contribution in [0.25, 0.3) is 0 Å². The second-order valence-electron chi connectivity index (χ2n) is 5.01. The summed E-state index contributed by atoms with van der Waals surface area (Å²) in [6.07, 6.45) is 0. The molecule has 0 saturated heterocycles. The van der Waals surface area contributed by atoms with Gasteiger partial charge in [0.1, 0.15) is 0 Å². The maximum Gasteiger partial charge on any atom is 0.286 e. The maximum absolute atomic E-state index is 5.02. The van der Waals surface area contributed by atoms with Gasteiger partial charge in [-0.1, -0.05) is 91.0 Å². The number of hydrogen-bond acceptors (Lipinski definition) is 2. The normalized spacial score (nSPS) is 10.7. The van der Waals surface area contributed by atoms with Crippen LogP contribution in [0.5, 0.6) is 0 Å². The smallest absolute Gasteiger partial charge is 0.256 e. The number of rotatable bonds is 4. The number of benzene rings is 3. The molecule has 1 nitrogen and oxygen atoms in total. The van der Waals surface area contributed by atoms with E-state index in [1.54, 1.807) is 0 Å². The first-order valence-electron chi connectivity index (χ1n) is 7.13. The van der Waals surface area contributed by atoms with Gasteiger partial charge in [-0.25, -0.2) is 0 Å². The Morgan fingerprint density at radius 1 is 0.591 bits per heavy atom. The summed E-state index contributed by atoms with van der Waals surface area (Å²) in [5.41, 5.74) is 0. The van der Waals surface area contributed by atoms with Crippen molar-refractivity contribution in [2.45, 2.75) is 0 Å². The molecule has 0 aliphatic carbocycles. The molecule has 3 rings (SSSR count). The van der Waals surface area contributed by atoms with Crippen molar-refractivity contribution in [3.63, 3.8) is 0 Å². The average molecular weight is 317 g/mol. The zero-order valence-corrected chi connectivity index (χ0v) is 13.8. The van der Waals surface area contributed by atoms with Gasteiger partial charge in [0.05, 0.1) is 0 Å². The Labute approximate surface area is 137 Å². The van der Waals surface area contributed by atoms with E-state index in [1.807, 2.05) is 18.2 Å². The summed E-state index contributed by atoms with van der Waals surface area (Å²) < 4.78 is 4.77. The van der Waals surface area contributed by atoms with Gasteiger partial charge in [-0.2, -0.15) is 0 Å². The predicted molar refractivity (Wildman–Crippen MR) is 99.0 cm³/mol. The first kappa shape index (κ1) is 14.6. The number of hydrogen-bond donors (Lipinski definition) is 0. The molecule has 0 radical (unpaired) electrons. The van der Waals surface area contributed by atoms with Crippen LogP contribution in [0.1, 0.15) is 0 Å². The fourth-order valence-electron chi connectivity index (χ4n) is 2.80. The van der Waals surface area contributed by atoms with Crippen molar-refractivity contribution in [2.75, 3.05) is 0 Å². The molecule has 0 fully saturated rings. The maximum atomic E-state index is 5.02. The van der Waals surface area contributed by atoms with E-state index in [0.717, 1.165) is 0 Å². The lowest BCUT2D eigenvalue weighted by Gasteiger charge is -2.27. The monoisotopic (exact) mass is 317 g/mol. The lowest BCUT2D eigenvalue weighted by molar-refractivity contribution is 1.62. The minimum absolute atomic E-state index is 1.21. The van der Waals surface area contributed by atoms with Crippen molar-refractivity contribution in [3.05, 3.63) is 91.0 Å². The third-order valence-corrected chi connectivity index (χ3v) is 8.00. The van der Waals surface area contributed by atoms with Gasteiger partial charge >= 0.3 is 0 Å². The summed E-state index contributed by atoms with van der Waals surface area (Å²) in [6, 6.07) is 31.3. The fourth-order valence-corrected chi connectivity index (χ4v) is 6.76. The number of thiocarbonyl (C=S) groups is 1. The van der Waals surface area contributed by atoms with E-state index in [4.69, 9.17) is 16.9 Å². The van der Waals surface area contributed by atoms with Gasteiger partial charge in [0.15, 0.2) is 0 Å².